The van der Waals surface area contributed by atoms with Crippen molar-refractivity contribution in [1.82, 2.24) is 20.2 Å². The molecule has 1 fully saturated rings. The average Bonchev–Trinajstić information content (AvgIpc) is 3.06. The number of aliphatic carboxylic acids is 1. The predicted octanol–water partition coefficient (Wildman–Crippen LogP) is 2.28. The number of carbonyl (C=O) groups is 1. The quantitative estimate of drug-likeness (QED) is 0.926. The van der Waals surface area contributed by atoms with E-state index in [1.807, 2.05) is 25.1 Å². The zero-order chi connectivity index (χ0) is 14.3. The molecule has 1 aromatic carbocycles. The summed E-state index contributed by atoms with van der Waals surface area (Å²) < 4.78 is 2.51. The summed E-state index contributed by atoms with van der Waals surface area (Å²) in [5.74, 6) is -0.185. The highest BCUT2D eigenvalue weighted by Gasteiger charge is 2.51. The number of carboxylic acid groups (broad SMARTS) is 1. The van der Waals surface area contributed by atoms with Crippen LogP contribution in [-0.2, 0) is 11.3 Å². The molecular formula is C13H13BrN4O2. The van der Waals surface area contributed by atoms with E-state index in [4.69, 9.17) is 0 Å². The fraction of sp³-hybridized carbons (Fsp3) is 0.385. The monoisotopic (exact) mass is 336 g/mol. The van der Waals surface area contributed by atoms with Crippen LogP contribution in [0.15, 0.2) is 22.7 Å². The third-order valence-electron chi connectivity index (χ3n) is 3.72. The third kappa shape index (κ3) is 2.11. The van der Waals surface area contributed by atoms with Crippen LogP contribution in [0.4, 0.5) is 0 Å². The summed E-state index contributed by atoms with van der Waals surface area (Å²) in [5.41, 5.74) is 1.26. The summed E-state index contributed by atoms with van der Waals surface area (Å²) in [7, 11) is 0. The molecule has 1 N–H and O–H groups in total. The first-order valence-electron chi connectivity index (χ1n) is 6.28. The summed E-state index contributed by atoms with van der Waals surface area (Å²) in [4.78, 5) is 11.3. The smallest absolute Gasteiger partial charge is 0.311 e. The third-order valence-corrected chi connectivity index (χ3v) is 4.78. The van der Waals surface area contributed by atoms with E-state index in [2.05, 4.69) is 31.5 Å². The zero-order valence-electron chi connectivity index (χ0n) is 10.9. The van der Waals surface area contributed by atoms with Gasteiger partial charge in [0.15, 0.2) is 5.82 Å². The summed E-state index contributed by atoms with van der Waals surface area (Å²) >= 11 is 3.53. The first kappa shape index (κ1) is 13.2. The number of aryl methyl sites for hydroxylation is 1. The van der Waals surface area contributed by atoms with Gasteiger partial charge >= 0.3 is 5.97 Å². The van der Waals surface area contributed by atoms with Crippen LogP contribution < -0.4 is 0 Å². The van der Waals surface area contributed by atoms with E-state index >= 15 is 0 Å². The summed E-state index contributed by atoms with van der Waals surface area (Å²) in [6, 6.07) is 5.83. The van der Waals surface area contributed by atoms with Crippen molar-refractivity contribution in [1.29, 1.82) is 0 Å². The first-order chi connectivity index (χ1) is 9.53. The Morgan fingerprint density at radius 3 is 2.90 bits per heavy atom. The van der Waals surface area contributed by atoms with Crippen molar-refractivity contribution >= 4 is 21.9 Å². The second kappa shape index (κ2) is 4.66. The van der Waals surface area contributed by atoms with E-state index in [1.165, 1.54) is 0 Å². The lowest BCUT2D eigenvalue weighted by atomic mass is 10.1. The average molecular weight is 337 g/mol. The lowest BCUT2D eigenvalue weighted by Crippen LogP contribution is -2.22. The van der Waals surface area contributed by atoms with E-state index in [0.717, 1.165) is 15.6 Å². The topological polar surface area (TPSA) is 80.9 Å². The van der Waals surface area contributed by atoms with Crippen LogP contribution in [-0.4, -0.2) is 31.3 Å². The number of halogens is 1. The fourth-order valence-corrected chi connectivity index (χ4v) is 2.64. The van der Waals surface area contributed by atoms with Crippen LogP contribution in [0.2, 0.25) is 0 Å². The van der Waals surface area contributed by atoms with Crippen LogP contribution in [0.5, 0.6) is 0 Å². The molecule has 0 radical (unpaired) electrons. The highest BCUT2D eigenvalue weighted by atomic mass is 79.9. The van der Waals surface area contributed by atoms with Crippen molar-refractivity contribution < 1.29 is 9.90 Å². The van der Waals surface area contributed by atoms with Gasteiger partial charge in [0.05, 0.1) is 12.0 Å². The van der Waals surface area contributed by atoms with Crippen molar-refractivity contribution in [3.63, 3.8) is 0 Å². The van der Waals surface area contributed by atoms with Gasteiger partial charge in [0, 0.05) is 10.0 Å². The van der Waals surface area contributed by atoms with Crippen molar-refractivity contribution in [2.45, 2.75) is 26.3 Å². The molecular weight excluding hydrogens is 324 g/mol. The van der Waals surface area contributed by atoms with E-state index in [0.29, 0.717) is 25.2 Å². The van der Waals surface area contributed by atoms with E-state index in [1.54, 1.807) is 4.68 Å². The molecule has 104 valence electrons. The van der Waals surface area contributed by atoms with Gasteiger partial charge in [0.1, 0.15) is 0 Å². The SMILES string of the molecule is Cc1cccc(-c2nnnn2CC2(C(=O)O)CC2)c1Br. The van der Waals surface area contributed by atoms with Gasteiger partial charge in [-0.15, -0.1) is 5.10 Å². The summed E-state index contributed by atoms with van der Waals surface area (Å²) in [6.07, 6.45) is 1.35. The molecule has 0 spiro atoms. The molecule has 1 saturated carbocycles. The van der Waals surface area contributed by atoms with Gasteiger partial charge in [-0.1, -0.05) is 12.1 Å². The molecule has 7 heteroatoms. The molecule has 1 aliphatic carbocycles. The molecule has 6 nitrogen and oxygen atoms in total. The van der Waals surface area contributed by atoms with Gasteiger partial charge in [-0.3, -0.25) is 4.79 Å². The standard InChI is InChI=1S/C13H13BrN4O2/c1-8-3-2-4-9(10(8)14)11-15-16-17-18(11)7-13(5-6-13)12(19)20/h2-4H,5-7H2,1H3,(H,19,20). The molecule has 0 atom stereocenters. The maximum absolute atomic E-state index is 11.3. The lowest BCUT2D eigenvalue weighted by molar-refractivity contribution is -0.144. The first-order valence-corrected chi connectivity index (χ1v) is 7.08. The molecule has 0 unspecified atom stereocenters. The van der Waals surface area contributed by atoms with Crippen molar-refractivity contribution in [2.75, 3.05) is 0 Å². The number of rotatable bonds is 4. The van der Waals surface area contributed by atoms with Gasteiger partial charge in [-0.05, 0) is 57.8 Å². The van der Waals surface area contributed by atoms with Crippen LogP contribution in [0.25, 0.3) is 11.4 Å². The molecule has 0 saturated heterocycles. The second-order valence-corrected chi connectivity index (χ2v) is 5.98. The van der Waals surface area contributed by atoms with Gasteiger partial charge in [-0.25, -0.2) is 4.68 Å². The minimum Gasteiger partial charge on any atom is -0.481 e. The highest BCUT2D eigenvalue weighted by Crippen LogP contribution is 2.47. The Morgan fingerprint density at radius 2 is 2.25 bits per heavy atom. The van der Waals surface area contributed by atoms with Crippen LogP contribution in [0.3, 0.4) is 0 Å². The van der Waals surface area contributed by atoms with E-state index in [9.17, 15) is 9.90 Å². The number of aromatic nitrogens is 4. The van der Waals surface area contributed by atoms with Crippen molar-refractivity contribution in [2.24, 2.45) is 5.41 Å². The predicted molar refractivity (Wildman–Crippen MR) is 75.0 cm³/mol. The van der Waals surface area contributed by atoms with Gasteiger partial charge < -0.3 is 5.11 Å². The van der Waals surface area contributed by atoms with Gasteiger partial charge in [0.25, 0.3) is 0 Å². The Hall–Kier alpha value is -1.76. The molecule has 0 bridgehead atoms. The normalized spacial score (nSPS) is 16.1. The minimum absolute atomic E-state index is 0.311. The molecule has 1 aliphatic rings. The largest absolute Gasteiger partial charge is 0.481 e. The zero-order valence-corrected chi connectivity index (χ0v) is 12.5. The van der Waals surface area contributed by atoms with Crippen molar-refractivity contribution in [3.8, 4) is 11.4 Å². The summed E-state index contributed by atoms with van der Waals surface area (Å²) in [5, 5.41) is 20.9. The Bertz CT molecular complexity index is 679. The molecule has 0 amide bonds. The van der Waals surface area contributed by atoms with Gasteiger partial charge in [0.2, 0.25) is 0 Å². The Labute approximate surface area is 123 Å². The highest BCUT2D eigenvalue weighted by molar-refractivity contribution is 9.10. The molecule has 1 aromatic heterocycles. The number of nitrogens with zero attached hydrogens (tertiary/aromatic N) is 4. The minimum atomic E-state index is -0.776. The lowest BCUT2D eigenvalue weighted by Gasteiger charge is -2.12. The van der Waals surface area contributed by atoms with E-state index in [-0.39, 0.29) is 0 Å². The van der Waals surface area contributed by atoms with Crippen LogP contribution in [0.1, 0.15) is 18.4 Å². The molecule has 2 aromatic rings. The Kier molecular flexibility index (Phi) is 3.08. The Morgan fingerprint density at radius 1 is 1.50 bits per heavy atom. The second-order valence-electron chi connectivity index (χ2n) is 5.18. The van der Waals surface area contributed by atoms with Crippen LogP contribution in [0, 0.1) is 12.3 Å². The molecule has 3 rings (SSSR count). The molecule has 0 aliphatic heterocycles. The molecule has 1 heterocycles. The number of carboxylic acids is 1. The Balaban J connectivity index is 1.99. The summed E-state index contributed by atoms with van der Waals surface area (Å²) in [6.45, 7) is 2.30. The van der Waals surface area contributed by atoms with Gasteiger partial charge in [-0.2, -0.15) is 0 Å². The molecule has 20 heavy (non-hydrogen) atoms. The number of benzene rings is 1. The van der Waals surface area contributed by atoms with Crippen LogP contribution >= 0.6 is 15.9 Å². The maximum Gasteiger partial charge on any atom is 0.311 e. The fourth-order valence-electron chi connectivity index (χ4n) is 2.20. The maximum atomic E-state index is 11.3. The van der Waals surface area contributed by atoms with E-state index < -0.39 is 11.4 Å². The number of hydrogen-bond donors (Lipinski definition) is 1. The number of tetrazole rings is 1. The van der Waals surface area contributed by atoms with Crippen molar-refractivity contribution in [3.05, 3.63) is 28.2 Å². The number of hydrogen-bond acceptors (Lipinski definition) is 4.